The average molecular weight is 261 g/mol. The maximum absolute atomic E-state index is 10.9. The van der Waals surface area contributed by atoms with Gasteiger partial charge in [-0.15, -0.1) is 0 Å². The largest absolute Gasteiger partial charge is 0.496 e. The van der Waals surface area contributed by atoms with Gasteiger partial charge in [-0.25, -0.2) is 9.78 Å². The lowest BCUT2D eigenvalue weighted by molar-refractivity contribution is 0.0689. The molecule has 1 heterocycles. The van der Waals surface area contributed by atoms with Crippen molar-refractivity contribution in [3.05, 3.63) is 47.2 Å². The molecule has 19 heavy (non-hydrogen) atoms. The fourth-order valence-electron chi connectivity index (χ4n) is 1.91. The van der Waals surface area contributed by atoms with Crippen LogP contribution in [0.4, 0.5) is 0 Å². The van der Waals surface area contributed by atoms with Crippen molar-refractivity contribution in [1.82, 2.24) is 4.98 Å². The van der Waals surface area contributed by atoms with Crippen LogP contribution in [-0.2, 0) is 12.8 Å². The van der Waals surface area contributed by atoms with Gasteiger partial charge in [0.1, 0.15) is 11.5 Å². The summed E-state index contributed by atoms with van der Waals surface area (Å²) in [4.78, 5) is 14.8. The molecule has 0 aliphatic heterocycles. The third kappa shape index (κ3) is 2.93. The number of hydrogen-bond donors (Lipinski definition) is 1. The van der Waals surface area contributed by atoms with Gasteiger partial charge in [-0.3, -0.25) is 0 Å². The van der Waals surface area contributed by atoms with Crippen molar-refractivity contribution in [2.45, 2.75) is 19.8 Å². The van der Waals surface area contributed by atoms with Crippen LogP contribution in [-0.4, -0.2) is 23.2 Å². The standard InChI is InChI=1S/C14H15NO4/c1-9-13(14(16)17)15-12(19-9)8-7-10-5-3-4-6-11(10)18-2/h3-6H,7-8H2,1-2H3,(H,16,17). The fraction of sp³-hybridized carbons (Fsp3) is 0.286. The van der Waals surface area contributed by atoms with E-state index in [2.05, 4.69) is 4.98 Å². The van der Waals surface area contributed by atoms with Crippen molar-refractivity contribution in [1.29, 1.82) is 0 Å². The first-order valence-electron chi connectivity index (χ1n) is 5.93. The Labute approximate surface area is 110 Å². The summed E-state index contributed by atoms with van der Waals surface area (Å²) in [5, 5.41) is 8.90. The van der Waals surface area contributed by atoms with Gasteiger partial charge in [-0.1, -0.05) is 18.2 Å². The lowest BCUT2D eigenvalue weighted by Gasteiger charge is -2.06. The van der Waals surface area contributed by atoms with Gasteiger partial charge in [0, 0.05) is 6.42 Å². The molecule has 0 saturated carbocycles. The number of carboxylic acids is 1. The summed E-state index contributed by atoms with van der Waals surface area (Å²) in [5.74, 6) is 0.511. The Bertz CT molecular complexity index is 589. The van der Waals surface area contributed by atoms with Crippen molar-refractivity contribution in [3.63, 3.8) is 0 Å². The Morgan fingerprint density at radius 3 is 2.74 bits per heavy atom. The van der Waals surface area contributed by atoms with E-state index in [0.29, 0.717) is 24.5 Å². The predicted octanol–water partition coefficient (Wildman–Crippen LogP) is 2.48. The first-order valence-corrected chi connectivity index (χ1v) is 5.93. The highest BCUT2D eigenvalue weighted by Crippen LogP contribution is 2.20. The SMILES string of the molecule is COc1ccccc1CCc1nc(C(=O)O)c(C)o1. The van der Waals surface area contributed by atoms with E-state index < -0.39 is 5.97 Å². The number of aromatic nitrogens is 1. The number of carbonyl (C=O) groups is 1. The molecule has 0 bridgehead atoms. The highest BCUT2D eigenvalue weighted by molar-refractivity contribution is 5.86. The molecule has 0 fully saturated rings. The minimum absolute atomic E-state index is 0.0185. The van der Waals surface area contributed by atoms with Crippen LogP contribution in [0.2, 0.25) is 0 Å². The summed E-state index contributed by atoms with van der Waals surface area (Å²) in [7, 11) is 1.62. The highest BCUT2D eigenvalue weighted by Gasteiger charge is 2.16. The smallest absolute Gasteiger partial charge is 0.358 e. The number of nitrogens with zero attached hydrogens (tertiary/aromatic N) is 1. The van der Waals surface area contributed by atoms with Crippen LogP contribution in [0.15, 0.2) is 28.7 Å². The van der Waals surface area contributed by atoms with E-state index in [-0.39, 0.29) is 5.69 Å². The van der Waals surface area contributed by atoms with E-state index in [1.807, 2.05) is 24.3 Å². The van der Waals surface area contributed by atoms with Crippen LogP contribution in [0.5, 0.6) is 5.75 Å². The Morgan fingerprint density at radius 1 is 1.37 bits per heavy atom. The lowest BCUT2D eigenvalue weighted by Crippen LogP contribution is -2.00. The normalized spacial score (nSPS) is 10.4. The number of rotatable bonds is 5. The Hall–Kier alpha value is -2.30. The molecular weight excluding hydrogens is 246 g/mol. The van der Waals surface area contributed by atoms with Crippen LogP contribution in [0.3, 0.4) is 0 Å². The Balaban J connectivity index is 2.10. The summed E-state index contributed by atoms with van der Waals surface area (Å²) < 4.78 is 10.6. The van der Waals surface area contributed by atoms with Gasteiger partial charge in [-0.05, 0) is 25.0 Å². The average Bonchev–Trinajstić information content (AvgIpc) is 2.78. The van der Waals surface area contributed by atoms with E-state index >= 15 is 0 Å². The molecule has 0 radical (unpaired) electrons. The zero-order valence-corrected chi connectivity index (χ0v) is 10.8. The van der Waals surface area contributed by atoms with Crippen molar-refractivity contribution < 1.29 is 19.1 Å². The second-order valence-electron chi connectivity index (χ2n) is 4.13. The zero-order valence-electron chi connectivity index (χ0n) is 10.8. The highest BCUT2D eigenvalue weighted by atomic mass is 16.5. The summed E-state index contributed by atoms with van der Waals surface area (Å²) in [6, 6.07) is 7.69. The quantitative estimate of drug-likeness (QED) is 0.895. The molecule has 2 rings (SSSR count). The summed E-state index contributed by atoms with van der Waals surface area (Å²) in [5.41, 5.74) is 1.02. The number of carboxylic acid groups (broad SMARTS) is 1. The molecule has 1 aromatic carbocycles. The first kappa shape index (κ1) is 13.1. The molecule has 1 aromatic heterocycles. The minimum atomic E-state index is -1.07. The number of oxazole rings is 1. The maximum atomic E-state index is 10.9. The van der Waals surface area contributed by atoms with Crippen LogP contribution < -0.4 is 4.74 Å². The molecule has 0 spiro atoms. The van der Waals surface area contributed by atoms with Crippen LogP contribution >= 0.6 is 0 Å². The number of aryl methyl sites for hydroxylation is 3. The van der Waals surface area contributed by atoms with Crippen LogP contribution in [0, 0.1) is 6.92 Å². The molecule has 0 amide bonds. The predicted molar refractivity (Wildman–Crippen MR) is 68.6 cm³/mol. The van der Waals surface area contributed by atoms with Gasteiger partial charge >= 0.3 is 5.97 Å². The van der Waals surface area contributed by atoms with Crippen molar-refractivity contribution in [2.24, 2.45) is 0 Å². The maximum Gasteiger partial charge on any atom is 0.358 e. The molecule has 0 aliphatic carbocycles. The second kappa shape index (κ2) is 5.56. The zero-order chi connectivity index (χ0) is 13.8. The minimum Gasteiger partial charge on any atom is -0.496 e. The fourth-order valence-corrected chi connectivity index (χ4v) is 1.91. The van der Waals surface area contributed by atoms with Crippen molar-refractivity contribution in [2.75, 3.05) is 7.11 Å². The molecule has 0 unspecified atom stereocenters. The Morgan fingerprint density at radius 2 is 2.11 bits per heavy atom. The third-order valence-corrected chi connectivity index (χ3v) is 2.84. The molecule has 0 atom stereocenters. The van der Waals surface area contributed by atoms with Crippen LogP contribution in [0.25, 0.3) is 0 Å². The van der Waals surface area contributed by atoms with E-state index in [9.17, 15) is 4.79 Å². The van der Waals surface area contributed by atoms with Crippen molar-refractivity contribution >= 4 is 5.97 Å². The van der Waals surface area contributed by atoms with Gasteiger partial charge < -0.3 is 14.3 Å². The molecule has 0 saturated heterocycles. The van der Waals surface area contributed by atoms with Crippen LogP contribution in [0.1, 0.15) is 27.7 Å². The summed E-state index contributed by atoms with van der Waals surface area (Å²) in [6.07, 6.45) is 1.22. The molecule has 2 aromatic rings. The van der Waals surface area contributed by atoms with E-state index in [1.54, 1.807) is 14.0 Å². The van der Waals surface area contributed by atoms with E-state index in [0.717, 1.165) is 11.3 Å². The number of methoxy groups -OCH3 is 1. The molecular formula is C14H15NO4. The molecule has 5 heteroatoms. The summed E-state index contributed by atoms with van der Waals surface area (Å²) in [6.45, 7) is 1.60. The summed E-state index contributed by atoms with van der Waals surface area (Å²) >= 11 is 0. The molecule has 0 aliphatic rings. The van der Waals surface area contributed by atoms with Gasteiger partial charge in [-0.2, -0.15) is 0 Å². The lowest BCUT2D eigenvalue weighted by atomic mass is 10.1. The second-order valence-corrected chi connectivity index (χ2v) is 4.13. The Kier molecular flexibility index (Phi) is 3.85. The number of aromatic carboxylic acids is 1. The van der Waals surface area contributed by atoms with Gasteiger partial charge in [0.05, 0.1) is 7.11 Å². The molecule has 1 N–H and O–H groups in total. The molecule has 100 valence electrons. The number of benzene rings is 1. The van der Waals surface area contributed by atoms with Gasteiger partial charge in [0.2, 0.25) is 0 Å². The number of ether oxygens (including phenoxy) is 1. The topological polar surface area (TPSA) is 72.6 Å². The monoisotopic (exact) mass is 261 g/mol. The van der Waals surface area contributed by atoms with Gasteiger partial charge in [0.15, 0.2) is 11.6 Å². The van der Waals surface area contributed by atoms with Crippen molar-refractivity contribution in [3.8, 4) is 5.75 Å². The third-order valence-electron chi connectivity index (χ3n) is 2.84. The molecule has 5 nitrogen and oxygen atoms in total. The van der Waals surface area contributed by atoms with E-state index in [1.165, 1.54) is 0 Å². The number of para-hydroxylation sites is 1. The van der Waals surface area contributed by atoms with Gasteiger partial charge in [0.25, 0.3) is 0 Å². The number of hydrogen-bond acceptors (Lipinski definition) is 4. The van der Waals surface area contributed by atoms with E-state index in [4.69, 9.17) is 14.3 Å². The first-order chi connectivity index (χ1) is 9.11.